The van der Waals surface area contributed by atoms with Crippen molar-refractivity contribution in [2.24, 2.45) is 0 Å². The fourth-order valence-corrected chi connectivity index (χ4v) is 4.70. The van der Waals surface area contributed by atoms with E-state index in [0.717, 1.165) is 23.7 Å². The predicted octanol–water partition coefficient (Wildman–Crippen LogP) is -0.855. The van der Waals surface area contributed by atoms with Gasteiger partial charge in [-0.2, -0.15) is 0 Å². The van der Waals surface area contributed by atoms with Gasteiger partial charge in [-0.3, -0.25) is 19.3 Å². The van der Waals surface area contributed by atoms with Crippen LogP contribution < -0.4 is 15.1 Å². The number of likely N-dealkylation sites (N-methyl/N-ethyl adjacent to an activating group) is 1. The summed E-state index contributed by atoms with van der Waals surface area (Å²) in [5, 5.41) is 2.99. The molecule has 3 amide bonds. The smallest absolute Gasteiger partial charge is 0.287 e. The van der Waals surface area contributed by atoms with E-state index in [4.69, 9.17) is 0 Å². The van der Waals surface area contributed by atoms with Crippen molar-refractivity contribution in [3.63, 3.8) is 0 Å². The van der Waals surface area contributed by atoms with Gasteiger partial charge in [-0.25, -0.2) is 0 Å². The van der Waals surface area contributed by atoms with E-state index in [1.54, 1.807) is 0 Å². The Bertz CT molecular complexity index is 728. The van der Waals surface area contributed by atoms with E-state index in [0.29, 0.717) is 32.5 Å². The summed E-state index contributed by atoms with van der Waals surface area (Å²) in [5.74, 6) is -0.0524. The third-order valence-corrected chi connectivity index (χ3v) is 6.18. The summed E-state index contributed by atoms with van der Waals surface area (Å²) in [6, 6.07) is 9.70. The summed E-state index contributed by atoms with van der Waals surface area (Å²) in [6.07, 6.45) is 1.67. The lowest BCUT2D eigenvalue weighted by atomic mass is 9.85. The Kier molecular flexibility index (Phi) is 4.19. The third kappa shape index (κ3) is 2.49. The lowest BCUT2D eigenvalue weighted by Crippen LogP contribution is -3.18. The van der Waals surface area contributed by atoms with Crippen LogP contribution in [0.15, 0.2) is 30.3 Å². The highest BCUT2D eigenvalue weighted by atomic mass is 16.2. The van der Waals surface area contributed by atoms with Crippen LogP contribution in [0.1, 0.15) is 26.2 Å². The zero-order valence-electron chi connectivity index (χ0n) is 15.0. The molecule has 2 N–H and O–H groups in total. The Morgan fingerprint density at radius 2 is 1.85 bits per heavy atom. The molecule has 3 saturated heterocycles. The van der Waals surface area contributed by atoms with E-state index in [2.05, 4.69) is 10.2 Å². The quantitative estimate of drug-likeness (QED) is 0.691. The summed E-state index contributed by atoms with van der Waals surface area (Å²) in [7, 11) is 0. The molecule has 0 bridgehead atoms. The van der Waals surface area contributed by atoms with Crippen molar-refractivity contribution in [2.75, 3.05) is 31.2 Å². The van der Waals surface area contributed by atoms with Crippen LogP contribution in [0.25, 0.3) is 0 Å². The second-order valence-electron chi connectivity index (χ2n) is 7.35. The number of anilines is 1. The maximum atomic E-state index is 12.7. The third-order valence-electron chi connectivity index (χ3n) is 6.18. The van der Waals surface area contributed by atoms with E-state index in [1.165, 1.54) is 4.90 Å². The molecule has 0 radical (unpaired) electrons. The molecular formula is C19H25N4O3+. The van der Waals surface area contributed by atoms with Crippen molar-refractivity contribution in [3.8, 4) is 0 Å². The van der Waals surface area contributed by atoms with Gasteiger partial charge >= 0.3 is 0 Å². The van der Waals surface area contributed by atoms with Gasteiger partial charge in [0.1, 0.15) is 5.54 Å². The number of hydrogen-bond acceptors (Lipinski definition) is 4. The average Bonchev–Trinajstić information content (AvgIpc) is 3.13. The van der Waals surface area contributed by atoms with Gasteiger partial charge in [0, 0.05) is 25.1 Å². The van der Waals surface area contributed by atoms with E-state index in [1.807, 2.05) is 37.3 Å². The zero-order valence-corrected chi connectivity index (χ0v) is 15.0. The van der Waals surface area contributed by atoms with Crippen LogP contribution in [0.2, 0.25) is 0 Å². The molecule has 3 fully saturated rings. The first-order chi connectivity index (χ1) is 12.6. The molecule has 7 heteroatoms. The summed E-state index contributed by atoms with van der Waals surface area (Å²) >= 11 is 0. The molecule has 3 aliphatic heterocycles. The fraction of sp³-hybridized carbons (Fsp3) is 0.526. The number of nitrogens with one attached hydrogen (secondary N) is 2. The number of hydrogen-bond donors (Lipinski definition) is 2. The van der Waals surface area contributed by atoms with Crippen LogP contribution in [-0.4, -0.2) is 60.5 Å². The first kappa shape index (κ1) is 17.0. The fourth-order valence-electron chi connectivity index (χ4n) is 4.70. The van der Waals surface area contributed by atoms with Crippen LogP contribution in [0.5, 0.6) is 0 Å². The minimum Gasteiger partial charge on any atom is -0.339 e. The SMILES string of the molecule is CCN1C(=O)C[C@H]([NH+]2CCC3(CC2)C(=O)NCN3c2ccccc2)C1=O. The lowest BCUT2D eigenvalue weighted by Gasteiger charge is -2.42. The van der Waals surface area contributed by atoms with Crippen LogP contribution in [0.4, 0.5) is 5.69 Å². The number of nitrogens with zero attached hydrogens (tertiary/aromatic N) is 2. The molecule has 3 aliphatic rings. The van der Waals surface area contributed by atoms with Crippen molar-refractivity contribution in [1.82, 2.24) is 10.2 Å². The molecular weight excluding hydrogens is 332 g/mol. The summed E-state index contributed by atoms with van der Waals surface area (Å²) in [6.45, 7) is 4.23. The highest BCUT2D eigenvalue weighted by Crippen LogP contribution is 2.33. The standard InChI is InChI=1S/C19H24N4O3/c1-2-22-16(24)12-15(17(22)25)21-10-8-19(9-11-21)18(26)20-13-23(19)14-6-4-3-5-7-14/h3-7,15H,2,8-13H2,1H3,(H,20,26)/p+1/t15-/m0/s1. The molecule has 26 heavy (non-hydrogen) atoms. The molecule has 0 saturated carbocycles. The highest BCUT2D eigenvalue weighted by Gasteiger charge is 2.54. The number of quaternary nitrogens is 1. The van der Waals surface area contributed by atoms with Gasteiger partial charge in [-0.05, 0) is 19.1 Å². The van der Waals surface area contributed by atoms with E-state index in [-0.39, 0.29) is 23.8 Å². The highest BCUT2D eigenvalue weighted by molar-refractivity contribution is 6.04. The van der Waals surface area contributed by atoms with Crippen molar-refractivity contribution >= 4 is 23.4 Å². The van der Waals surface area contributed by atoms with Crippen molar-refractivity contribution in [2.45, 2.75) is 37.8 Å². The van der Waals surface area contributed by atoms with E-state index < -0.39 is 5.54 Å². The number of imide groups is 1. The van der Waals surface area contributed by atoms with Crippen LogP contribution in [0, 0.1) is 0 Å². The van der Waals surface area contributed by atoms with Crippen molar-refractivity contribution < 1.29 is 19.3 Å². The van der Waals surface area contributed by atoms with E-state index >= 15 is 0 Å². The van der Waals surface area contributed by atoms with Gasteiger partial charge in [0.05, 0.1) is 26.2 Å². The molecule has 0 aromatic heterocycles. The molecule has 1 spiro atoms. The largest absolute Gasteiger partial charge is 0.339 e. The normalized spacial score (nSPS) is 31.8. The number of rotatable bonds is 3. The molecule has 1 aromatic rings. The number of carbonyl (C=O) groups excluding carboxylic acids is 3. The van der Waals surface area contributed by atoms with E-state index in [9.17, 15) is 14.4 Å². The van der Waals surface area contributed by atoms with Crippen molar-refractivity contribution in [3.05, 3.63) is 30.3 Å². The summed E-state index contributed by atoms with van der Waals surface area (Å²) in [4.78, 5) is 41.9. The lowest BCUT2D eigenvalue weighted by molar-refractivity contribution is -0.920. The Balaban J connectivity index is 1.51. The molecule has 4 rings (SSSR count). The van der Waals surface area contributed by atoms with Gasteiger partial charge < -0.3 is 15.1 Å². The number of carbonyl (C=O) groups is 3. The topological polar surface area (TPSA) is 74.2 Å². The number of amides is 3. The molecule has 138 valence electrons. The van der Waals surface area contributed by atoms with Crippen molar-refractivity contribution in [1.29, 1.82) is 0 Å². The van der Waals surface area contributed by atoms with Crippen LogP contribution in [-0.2, 0) is 14.4 Å². The monoisotopic (exact) mass is 357 g/mol. The first-order valence-corrected chi connectivity index (χ1v) is 9.36. The zero-order chi connectivity index (χ0) is 18.3. The van der Waals surface area contributed by atoms with Gasteiger partial charge in [0.15, 0.2) is 6.04 Å². The second kappa shape index (κ2) is 6.39. The number of para-hydroxylation sites is 1. The van der Waals surface area contributed by atoms with Gasteiger partial charge in [-0.15, -0.1) is 0 Å². The second-order valence-corrected chi connectivity index (χ2v) is 7.35. The predicted molar refractivity (Wildman–Crippen MR) is 95.4 cm³/mol. The molecule has 7 nitrogen and oxygen atoms in total. The van der Waals surface area contributed by atoms with Gasteiger partial charge in [-0.1, -0.05) is 18.2 Å². The molecule has 1 aromatic carbocycles. The first-order valence-electron chi connectivity index (χ1n) is 9.36. The summed E-state index contributed by atoms with van der Waals surface area (Å²) < 4.78 is 0. The maximum absolute atomic E-state index is 12.7. The number of likely N-dealkylation sites (tertiary alicyclic amines) is 2. The summed E-state index contributed by atoms with van der Waals surface area (Å²) in [5.41, 5.74) is 0.500. The van der Waals surface area contributed by atoms with Gasteiger partial charge in [0.2, 0.25) is 11.8 Å². The molecule has 3 heterocycles. The average molecular weight is 357 g/mol. The molecule has 1 atom stereocenters. The number of benzene rings is 1. The minimum absolute atomic E-state index is 0.0563. The Hall–Kier alpha value is -2.41. The van der Waals surface area contributed by atoms with Gasteiger partial charge in [0.25, 0.3) is 5.91 Å². The maximum Gasteiger partial charge on any atom is 0.287 e. The minimum atomic E-state index is -0.541. The van der Waals surface area contributed by atoms with Crippen LogP contribution in [0.3, 0.4) is 0 Å². The molecule has 0 aliphatic carbocycles. The Labute approximate surface area is 152 Å². The van der Waals surface area contributed by atoms with Crippen LogP contribution >= 0.6 is 0 Å². The Morgan fingerprint density at radius 1 is 1.15 bits per heavy atom. The Morgan fingerprint density at radius 3 is 2.46 bits per heavy atom. The molecule has 0 unspecified atom stereocenters. The number of piperidine rings is 1.